The lowest BCUT2D eigenvalue weighted by Crippen LogP contribution is -2.48. The van der Waals surface area contributed by atoms with E-state index in [1.165, 1.54) is 0 Å². The number of aliphatic carboxylic acids is 1. The van der Waals surface area contributed by atoms with Crippen LogP contribution in [0.3, 0.4) is 0 Å². The van der Waals surface area contributed by atoms with E-state index in [1.807, 2.05) is 51.1 Å². The Labute approximate surface area is 125 Å². The number of carbonyl (C=O) groups is 2. The highest BCUT2D eigenvalue weighted by atomic mass is 16.4. The van der Waals surface area contributed by atoms with Gasteiger partial charge in [0.2, 0.25) is 5.91 Å². The van der Waals surface area contributed by atoms with Crippen LogP contribution in [-0.2, 0) is 16.0 Å². The molecule has 0 bridgehead atoms. The van der Waals surface area contributed by atoms with Crippen molar-refractivity contribution in [2.45, 2.75) is 45.2 Å². The maximum absolute atomic E-state index is 11.8. The first-order chi connectivity index (χ1) is 9.78. The van der Waals surface area contributed by atoms with E-state index in [0.29, 0.717) is 12.8 Å². The van der Waals surface area contributed by atoms with Crippen LogP contribution in [0.2, 0.25) is 0 Å². The Kier molecular flexibility index (Phi) is 6.37. The second-order valence-electron chi connectivity index (χ2n) is 6.09. The Morgan fingerprint density at radius 1 is 1.19 bits per heavy atom. The summed E-state index contributed by atoms with van der Waals surface area (Å²) in [6, 6.07) is 8.77. The molecule has 0 aromatic heterocycles. The van der Waals surface area contributed by atoms with E-state index >= 15 is 0 Å². The first-order valence-corrected chi connectivity index (χ1v) is 7.09. The van der Waals surface area contributed by atoms with Crippen molar-refractivity contribution >= 4 is 11.9 Å². The van der Waals surface area contributed by atoms with Gasteiger partial charge in [0.25, 0.3) is 0 Å². The maximum atomic E-state index is 11.8. The molecule has 5 heteroatoms. The normalized spacial score (nSPS) is 12.7. The van der Waals surface area contributed by atoms with Crippen LogP contribution in [0.4, 0.5) is 0 Å². The van der Waals surface area contributed by atoms with Crippen molar-refractivity contribution < 1.29 is 14.7 Å². The average molecular weight is 292 g/mol. The quantitative estimate of drug-likeness (QED) is 0.713. The number of hydrogen-bond acceptors (Lipinski definition) is 3. The molecule has 0 fully saturated rings. The number of carbonyl (C=O) groups excluding carboxylic acids is 1. The molecule has 1 amide bonds. The molecule has 0 heterocycles. The molecule has 1 aromatic rings. The molecule has 1 atom stereocenters. The van der Waals surface area contributed by atoms with Crippen LogP contribution in [0.25, 0.3) is 0 Å². The smallest absolute Gasteiger partial charge is 0.326 e. The van der Waals surface area contributed by atoms with Gasteiger partial charge in [0.1, 0.15) is 6.04 Å². The van der Waals surface area contributed by atoms with Crippen LogP contribution in [0, 0.1) is 0 Å². The molecule has 0 saturated carbocycles. The monoisotopic (exact) mass is 292 g/mol. The lowest BCUT2D eigenvalue weighted by atomic mass is 10.1. The third-order valence-electron chi connectivity index (χ3n) is 2.98. The van der Waals surface area contributed by atoms with Crippen LogP contribution >= 0.6 is 0 Å². The number of aryl methyl sites for hydroxylation is 1. The van der Waals surface area contributed by atoms with Crippen molar-refractivity contribution in [3.05, 3.63) is 35.9 Å². The van der Waals surface area contributed by atoms with Gasteiger partial charge < -0.3 is 15.7 Å². The zero-order chi connectivity index (χ0) is 15.9. The van der Waals surface area contributed by atoms with Gasteiger partial charge in [-0.05, 0) is 39.2 Å². The number of benzene rings is 1. The minimum absolute atomic E-state index is 0.110. The molecule has 1 rings (SSSR count). The first kappa shape index (κ1) is 17.2. The predicted octanol–water partition coefficient (Wildman–Crippen LogP) is 1.58. The van der Waals surface area contributed by atoms with E-state index in [0.717, 1.165) is 5.56 Å². The molecule has 1 unspecified atom stereocenters. The van der Waals surface area contributed by atoms with Crippen molar-refractivity contribution in [1.82, 2.24) is 10.6 Å². The summed E-state index contributed by atoms with van der Waals surface area (Å²) in [7, 11) is 0. The molecular formula is C16H24N2O3. The van der Waals surface area contributed by atoms with E-state index in [2.05, 4.69) is 10.6 Å². The molecule has 116 valence electrons. The standard InChI is InChI=1S/C16H24N2O3/c1-16(2,3)17-11-14(19)18-13(15(20)21)10-9-12-7-5-4-6-8-12/h4-8,13,17H,9-11H2,1-3H3,(H,18,19)(H,20,21). The van der Waals surface area contributed by atoms with Crippen molar-refractivity contribution in [2.75, 3.05) is 6.54 Å². The molecule has 0 aliphatic carbocycles. The minimum atomic E-state index is -1.00. The van der Waals surface area contributed by atoms with Crippen LogP contribution in [0.5, 0.6) is 0 Å². The fourth-order valence-electron chi connectivity index (χ4n) is 1.80. The summed E-state index contributed by atoms with van der Waals surface area (Å²) in [6.07, 6.45) is 0.991. The number of carboxylic acids is 1. The van der Waals surface area contributed by atoms with Crippen molar-refractivity contribution in [3.63, 3.8) is 0 Å². The summed E-state index contributed by atoms with van der Waals surface area (Å²) in [5.41, 5.74) is 0.880. The molecule has 0 aliphatic rings. The van der Waals surface area contributed by atoms with Crippen molar-refractivity contribution in [3.8, 4) is 0 Å². The lowest BCUT2D eigenvalue weighted by Gasteiger charge is -2.21. The van der Waals surface area contributed by atoms with Crippen LogP contribution in [-0.4, -0.2) is 35.1 Å². The van der Waals surface area contributed by atoms with Crippen LogP contribution in [0.15, 0.2) is 30.3 Å². The van der Waals surface area contributed by atoms with Gasteiger partial charge in [-0.3, -0.25) is 4.79 Å². The van der Waals surface area contributed by atoms with Gasteiger partial charge in [0.15, 0.2) is 0 Å². The Hall–Kier alpha value is -1.88. The average Bonchev–Trinajstić information content (AvgIpc) is 2.41. The Morgan fingerprint density at radius 3 is 2.33 bits per heavy atom. The number of carboxylic acid groups (broad SMARTS) is 1. The minimum Gasteiger partial charge on any atom is -0.480 e. The van der Waals surface area contributed by atoms with Crippen molar-refractivity contribution in [1.29, 1.82) is 0 Å². The molecule has 21 heavy (non-hydrogen) atoms. The van der Waals surface area contributed by atoms with Gasteiger partial charge >= 0.3 is 5.97 Å². The maximum Gasteiger partial charge on any atom is 0.326 e. The summed E-state index contributed by atoms with van der Waals surface area (Å²) in [5.74, 6) is -1.31. The highest BCUT2D eigenvalue weighted by molar-refractivity contribution is 5.84. The SMILES string of the molecule is CC(C)(C)NCC(=O)NC(CCc1ccccc1)C(=O)O. The van der Waals surface area contributed by atoms with Crippen molar-refractivity contribution in [2.24, 2.45) is 0 Å². The molecule has 3 N–H and O–H groups in total. The second kappa shape index (κ2) is 7.78. The van der Waals surface area contributed by atoms with Gasteiger partial charge in [-0.25, -0.2) is 4.79 Å². The van der Waals surface area contributed by atoms with E-state index in [4.69, 9.17) is 0 Å². The van der Waals surface area contributed by atoms with E-state index < -0.39 is 12.0 Å². The summed E-state index contributed by atoms with van der Waals surface area (Å²) >= 11 is 0. The molecule has 0 aliphatic heterocycles. The van der Waals surface area contributed by atoms with E-state index in [9.17, 15) is 14.7 Å². The largest absolute Gasteiger partial charge is 0.480 e. The fourth-order valence-corrected chi connectivity index (χ4v) is 1.80. The number of amides is 1. The van der Waals surface area contributed by atoms with E-state index in [1.54, 1.807) is 0 Å². The number of hydrogen-bond donors (Lipinski definition) is 3. The zero-order valence-corrected chi connectivity index (χ0v) is 12.8. The summed E-state index contributed by atoms with van der Waals surface area (Å²) in [6.45, 7) is 5.96. The first-order valence-electron chi connectivity index (χ1n) is 7.09. The predicted molar refractivity (Wildman–Crippen MR) is 82.1 cm³/mol. The Bertz CT molecular complexity index is 466. The number of rotatable bonds is 7. The molecule has 0 radical (unpaired) electrons. The van der Waals surface area contributed by atoms with Gasteiger partial charge in [0, 0.05) is 5.54 Å². The molecule has 1 aromatic carbocycles. The summed E-state index contributed by atoms with van der Waals surface area (Å²) in [5, 5.41) is 14.8. The van der Waals surface area contributed by atoms with Crippen LogP contribution < -0.4 is 10.6 Å². The topological polar surface area (TPSA) is 78.4 Å². The highest BCUT2D eigenvalue weighted by Gasteiger charge is 2.20. The molecule has 0 spiro atoms. The van der Waals surface area contributed by atoms with E-state index in [-0.39, 0.29) is 18.0 Å². The Balaban J connectivity index is 2.46. The summed E-state index contributed by atoms with van der Waals surface area (Å²) in [4.78, 5) is 23.0. The van der Waals surface area contributed by atoms with Crippen LogP contribution in [0.1, 0.15) is 32.8 Å². The number of nitrogens with one attached hydrogen (secondary N) is 2. The third-order valence-corrected chi connectivity index (χ3v) is 2.98. The molecular weight excluding hydrogens is 268 g/mol. The summed E-state index contributed by atoms with van der Waals surface area (Å²) < 4.78 is 0. The van der Waals surface area contributed by atoms with Gasteiger partial charge in [-0.15, -0.1) is 0 Å². The van der Waals surface area contributed by atoms with Gasteiger partial charge in [-0.2, -0.15) is 0 Å². The van der Waals surface area contributed by atoms with Gasteiger partial charge in [0.05, 0.1) is 6.54 Å². The zero-order valence-electron chi connectivity index (χ0n) is 12.8. The molecule has 5 nitrogen and oxygen atoms in total. The lowest BCUT2D eigenvalue weighted by molar-refractivity contribution is -0.141. The van der Waals surface area contributed by atoms with Gasteiger partial charge in [-0.1, -0.05) is 30.3 Å². The fraction of sp³-hybridized carbons (Fsp3) is 0.500. The second-order valence-corrected chi connectivity index (χ2v) is 6.09. The highest BCUT2D eigenvalue weighted by Crippen LogP contribution is 2.05. The third kappa shape index (κ3) is 7.46. The Morgan fingerprint density at radius 2 is 1.81 bits per heavy atom. The molecule has 0 saturated heterocycles.